The zero-order valence-electron chi connectivity index (χ0n) is 14.7. The number of hydrogen-bond donors (Lipinski definition) is 1. The van der Waals surface area contributed by atoms with Crippen LogP contribution in [0.25, 0.3) is 17.0 Å². The molecular formula is C20H19N5O2. The average molecular weight is 361 g/mol. The first-order chi connectivity index (χ1) is 13.2. The number of anilines is 1. The highest BCUT2D eigenvalue weighted by Gasteiger charge is 2.21. The standard InChI is InChI=1S/C20H19N5O2/c26-18(24-10-12-25(13-11-24)20-21-8-3-9-22-20)7-6-16-14-15-4-1-2-5-17(15)23-19(16)27/h1-9,14H,10-13H2,(H,23,27)/b7-6+. The van der Waals surface area contributed by atoms with Gasteiger partial charge in [-0.05, 0) is 29.7 Å². The van der Waals surface area contributed by atoms with Gasteiger partial charge in [0.1, 0.15) is 0 Å². The molecule has 0 spiro atoms. The Hall–Kier alpha value is -3.48. The van der Waals surface area contributed by atoms with Crippen LogP contribution >= 0.6 is 0 Å². The predicted octanol–water partition coefficient (Wildman–Crippen LogP) is 1.68. The van der Waals surface area contributed by atoms with Gasteiger partial charge in [-0.3, -0.25) is 9.59 Å². The maximum atomic E-state index is 12.5. The van der Waals surface area contributed by atoms with Gasteiger partial charge in [0.15, 0.2) is 0 Å². The van der Waals surface area contributed by atoms with Crippen LogP contribution in [0.5, 0.6) is 0 Å². The number of para-hydroxylation sites is 1. The van der Waals surface area contributed by atoms with Crippen molar-refractivity contribution in [3.63, 3.8) is 0 Å². The maximum Gasteiger partial charge on any atom is 0.255 e. The number of carbonyl (C=O) groups excluding carboxylic acids is 1. The second-order valence-electron chi connectivity index (χ2n) is 6.34. The van der Waals surface area contributed by atoms with Gasteiger partial charge in [-0.25, -0.2) is 9.97 Å². The van der Waals surface area contributed by atoms with Gasteiger partial charge >= 0.3 is 0 Å². The van der Waals surface area contributed by atoms with Crippen molar-refractivity contribution in [1.29, 1.82) is 0 Å². The Morgan fingerprint density at radius 2 is 1.78 bits per heavy atom. The number of amides is 1. The second-order valence-corrected chi connectivity index (χ2v) is 6.34. The van der Waals surface area contributed by atoms with E-state index in [4.69, 9.17) is 0 Å². The number of aromatic amines is 1. The zero-order chi connectivity index (χ0) is 18.6. The van der Waals surface area contributed by atoms with Crippen molar-refractivity contribution in [1.82, 2.24) is 19.9 Å². The van der Waals surface area contributed by atoms with Crippen LogP contribution in [0, 0.1) is 0 Å². The first-order valence-electron chi connectivity index (χ1n) is 8.82. The third-order valence-corrected chi connectivity index (χ3v) is 4.61. The van der Waals surface area contributed by atoms with Crippen LogP contribution < -0.4 is 10.5 Å². The Morgan fingerprint density at radius 1 is 1.04 bits per heavy atom. The van der Waals surface area contributed by atoms with Crippen LogP contribution in [0.1, 0.15) is 5.56 Å². The molecule has 1 saturated heterocycles. The third-order valence-electron chi connectivity index (χ3n) is 4.61. The van der Waals surface area contributed by atoms with E-state index in [0.29, 0.717) is 37.7 Å². The van der Waals surface area contributed by atoms with E-state index in [0.717, 1.165) is 10.9 Å². The first-order valence-corrected chi connectivity index (χ1v) is 8.82. The lowest BCUT2D eigenvalue weighted by Crippen LogP contribution is -2.48. The number of aromatic nitrogens is 3. The summed E-state index contributed by atoms with van der Waals surface area (Å²) in [6, 6.07) is 11.1. The fourth-order valence-electron chi connectivity index (χ4n) is 3.14. The number of H-pyrrole nitrogens is 1. The molecule has 4 rings (SSSR count). The molecule has 1 aliphatic heterocycles. The number of piperazine rings is 1. The molecule has 0 aliphatic carbocycles. The summed E-state index contributed by atoms with van der Waals surface area (Å²) in [6.45, 7) is 2.55. The average Bonchev–Trinajstić information content (AvgIpc) is 2.73. The molecule has 136 valence electrons. The van der Waals surface area contributed by atoms with Crippen molar-refractivity contribution in [2.24, 2.45) is 0 Å². The molecule has 2 aromatic heterocycles. The summed E-state index contributed by atoms with van der Waals surface area (Å²) >= 11 is 0. The zero-order valence-corrected chi connectivity index (χ0v) is 14.7. The Labute approximate surface area is 156 Å². The van der Waals surface area contributed by atoms with Crippen LogP contribution in [0.4, 0.5) is 5.95 Å². The number of carbonyl (C=O) groups is 1. The maximum absolute atomic E-state index is 12.5. The van der Waals surface area contributed by atoms with Gasteiger partial charge in [0.05, 0.1) is 0 Å². The molecule has 3 heterocycles. The first kappa shape index (κ1) is 17.0. The van der Waals surface area contributed by atoms with Crippen molar-refractivity contribution >= 4 is 28.8 Å². The van der Waals surface area contributed by atoms with Gasteiger partial charge in [-0.2, -0.15) is 0 Å². The lowest BCUT2D eigenvalue weighted by molar-refractivity contribution is -0.126. The minimum Gasteiger partial charge on any atom is -0.337 e. The van der Waals surface area contributed by atoms with Crippen LogP contribution in [-0.2, 0) is 4.79 Å². The van der Waals surface area contributed by atoms with E-state index in [2.05, 4.69) is 19.9 Å². The summed E-state index contributed by atoms with van der Waals surface area (Å²) in [5, 5.41) is 0.931. The fourth-order valence-corrected chi connectivity index (χ4v) is 3.14. The number of hydrogen-bond acceptors (Lipinski definition) is 5. The Balaban J connectivity index is 1.42. The van der Waals surface area contributed by atoms with Crippen LogP contribution in [0.3, 0.4) is 0 Å². The largest absolute Gasteiger partial charge is 0.337 e. The van der Waals surface area contributed by atoms with Gasteiger partial charge in [0.25, 0.3) is 5.56 Å². The second kappa shape index (κ2) is 7.41. The van der Waals surface area contributed by atoms with Crippen molar-refractivity contribution < 1.29 is 4.79 Å². The smallest absolute Gasteiger partial charge is 0.255 e. The van der Waals surface area contributed by atoms with E-state index in [1.807, 2.05) is 24.3 Å². The number of benzene rings is 1. The minimum absolute atomic E-state index is 0.101. The number of nitrogens with one attached hydrogen (secondary N) is 1. The molecule has 1 amide bonds. The summed E-state index contributed by atoms with van der Waals surface area (Å²) in [4.78, 5) is 39.8. The van der Waals surface area contributed by atoms with Crippen LogP contribution in [-0.4, -0.2) is 51.9 Å². The third kappa shape index (κ3) is 3.72. The van der Waals surface area contributed by atoms with Gasteiger partial charge in [-0.1, -0.05) is 18.2 Å². The molecule has 3 aromatic rings. The van der Waals surface area contributed by atoms with Crippen molar-refractivity contribution in [3.8, 4) is 0 Å². The molecule has 0 saturated carbocycles. The molecule has 27 heavy (non-hydrogen) atoms. The molecule has 1 aliphatic rings. The van der Waals surface area contributed by atoms with Crippen molar-refractivity contribution in [2.75, 3.05) is 31.1 Å². The van der Waals surface area contributed by atoms with Crippen molar-refractivity contribution in [3.05, 3.63) is 70.8 Å². The molecule has 7 heteroatoms. The lowest BCUT2D eigenvalue weighted by atomic mass is 10.1. The highest BCUT2D eigenvalue weighted by molar-refractivity contribution is 5.92. The van der Waals surface area contributed by atoms with Gasteiger partial charge < -0.3 is 14.8 Å². The Bertz CT molecular complexity index is 1040. The normalized spacial score (nSPS) is 14.8. The summed E-state index contributed by atoms with van der Waals surface area (Å²) in [6.07, 6.45) is 6.47. The minimum atomic E-state index is -0.205. The summed E-state index contributed by atoms with van der Waals surface area (Å²) in [7, 11) is 0. The van der Waals surface area contributed by atoms with E-state index in [1.54, 1.807) is 35.5 Å². The topological polar surface area (TPSA) is 82.2 Å². The lowest BCUT2D eigenvalue weighted by Gasteiger charge is -2.34. The van der Waals surface area contributed by atoms with Gasteiger partial charge in [-0.15, -0.1) is 0 Å². The highest BCUT2D eigenvalue weighted by Crippen LogP contribution is 2.12. The number of nitrogens with zero attached hydrogens (tertiary/aromatic N) is 4. The van der Waals surface area contributed by atoms with Gasteiger partial charge in [0, 0.05) is 55.7 Å². The summed E-state index contributed by atoms with van der Waals surface area (Å²) in [5.74, 6) is 0.582. The molecule has 1 aromatic carbocycles. The summed E-state index contributed by atoms with van der Waals surface area (Å²) < 4.78 is 0. The molecule has 1 fully saturated rings. The van der Waals surface area contributed by atoms with E-state index < -0.39 is 0 Å². The number of fused-ring (bicyclic) bond motifs is 1. The molecule has 0 radical (unpaired) electrons. The van der Waals surface area contributed by atoms with Gasteiger partial charge in [0.2, 0.25) is 11.9 Å². The molecule has 1 N–H and O–H groups in total. The fraction of sp³-hybridized carbons (Fsp3) is 0.200. The molecule has 0 atom stereocenters. The number of pyridine rings is 1. The molecule has 0 bridgehead atoms. The van der Waals surface area contributed by atoms with Crippen molar-refractivity contribution in [2.45, 2.75) is 0 Å². The molecular weight excluding hydrogens is 342 g/mol. The number of rotatable bonds is 3. The van der Waals surface area contributed by atoms with Crippen LogP contribution in [0.15, 0.2) is 59.7 Å². The highest BCUT2D eigenvalue weighted by atomic mass is 16.2. The van der Waals surface area contributed by atoms with E-state index in [1.165, 1.54) is 6.08 Å². The predicted molar refractivity (Wildman–Crippen MR) is 104 cm³/mol. The molecule has 0 unspecified atom stereocenters. The van der Waals surface area contributed by atoms with E-state index in [-0.39, 0.29) is 11.5 Å². The van der Waals surface area contributed by atoms with E-state index >= 15 is 0 Å². The summed E-state index contributed by atoms with van der Waals surface area (Å²) in [5.41, 5.74) is 1.05. The quantitative estimate of drug-likeness (QED) is 0.718. The van der Waals surface area contributed by atoms with E-state index in [9.17, 15) is 9.59 Å². The Morgan fingerprint density at radius 3 is 2.56 bits per heavy atom. The van der Waals surface area contributed by atoms with Crippen LogP contribution in [0.2, 0.25) is 0 Å². The Kier molecular flexibility index (Phi) is 4.65. The monoisotopic (exact) mass is 361 g/mol. The SMILES string of the molecule is O=C(/C=C/c1cc2ccccc2[nH]c1=O)N1CCN(c2ncccn2)CC1. The molecule has 7 nitrogen and oxygen atoms in total.